The Kier molecular flexibility index (Phi) is 6.70. The van der Waals surface area contributed by atoms with E-state index >= 15 is 4.39 Å². The number of nitrogens with zero attached hydrogens (tertiary/aromatic N) is 4. The number of hydrogen-bond donors (Lipinski definition) is 1. The molecule has 6 nitrogen and oxygen atoms in total. The van der Waals surface area contributed by atoms with Crippen LogP contribution in [0.2, 0.25) is 5.02 Å². The zero-order valence-corrected chi connectivity index (χ0v) is 21.1. The summed E-state index contributed by atoms with van der Waals surface area (Å²) in [7, 11) is 0. The first-order valence-corrected chi connectivity index (χ1v) is 11.1. The monoisotopic (exact) mass is 480 g/mol. The third kappa shape index (κ3) is 4.10. The van der Waals surface area contributed by atoms with Gasteiger partial charge in [0.05, 0.1) is 22.4 Å². The van der Waals surface area contributed by atoms with Crippen LogP contribution < -0.4 is 29.6 Å². The molecule has 3 aromatic heterocycles. The summed E-state index contributed by atoms with van der Waals surface area (Å²) in [4.78, 5) is 16.5. The molecule has 0 aliphatic heterocycles. The molecule has 0 amide bonds. The molecule has 1 fully saturated rings. The van der Waals surface area contributed by atoms with Crippen molar-refractivity contribution >= 4 is 40.2 Å². The maximum atomic E-state index is 15.3. The number of carboxylic acids is 1. The van der Waals surface area contributed by atoms with Crippen molar-refractivity contribution in [1.82, 2.24) is 19.3 Å². The van der Waals surface area contributed by atoms with Gasteiger partial charge in [-0.25, -0.2) is 14.2 Å². The minimum absolute atomic E-state index is 0. The van der Waals surface area contributed by atoms with Gasteiger partial charge in [-0.2, -0.15) is 5.10 Å². The van der Waals surface area contributed by atoms with E-state index in [9.17, 15) is 9.90 Å². The standard InChI is InChI=1S/C22H18ClFN4O2S.Na.H/c1-2-27-11-13(10-25-27)28-19(12-6-7-12)21(14-8-9-15(23)18(24)20(14)28)31-17-5-3-4-16(26-17)22(29)30;;/h3-5,8-12H,2,6-7H2,1H3,(H,29,30);;/q;+1;-1. The zero-order valence-electron chi connectivity index (χ0n) is 18.5. The van der Waals surface area contributed by atoms with Crippen molar-refractivity contribution in [3.05, 3.63) is 65.0 Å². The molecule has 0 bridgehead atoms. The van der Waals surface area contributed by atoms with Gasteiger partial charge in [0.2, 0.25) is 0 Å². The first-order valence-electron chi connectivity index (χ1n) is 9.91. The van der Waals surface area contributed by atoms with Gasteiger partial charge in [-0.05, 0) is 44.0 Å². The SMILES string of the molecule is CCn1cc(-n2c(C3CC3)c(Sc3cccc(C(=O)O)n3)c3ccc(Cl)c(F)c32)cn1.[H-].[Na+]. The molecule has 1 aliphatic rings. The molecule has 1 aromatic carbocycles. The quantitative estimate of drug-likeness (QED) is 0.430. The van der Waals surface area contributed by atoms with Crippen molar-refractivity contribution in [2.45, 2.75) is 42.1 Å². The predicted octanol–water partition coefficient (Wildman–Crippen LogP) is 2.88. The van der Waals surface area contributed by atoms with Crippen molar-refractivity contribution in [2.75, 3.05) is 0 Å². The molecule has 4 aromatic rings. The van der Waals surface area contributed by atoms with E-state index in [0.717, 1.165) is 34.5 Å². The average molecular weight is 481 g/mol. The number of aromatic carboxylic acids is 1. The summed E-state index contributed by atoms with van der Waals surface area (Å²) in [6.07, 6.45) is 5.63. The van der Waals surface area contributed by atoms with Gasteiger partial charge >= 0.3 is 35.5 Å². The number of rotatable bonds is 6. The second-order valence-electron chi connectivity index (χ2n) is 7.40. The third-order valence-electron chi connectivity index (χ3n) is 5.33. The Balaban J connectivity index is 0.00000153. The van der Waals surface area contributed by atoms with Crippen molar-refractivity contribution in [3.63, 3.8) is 0 Å². The van der Waals surface area contributed by atoms with Crippen molar-refractivity contribution in [1.29, 1.82) is 0 Å². The summed E-state index contributed by atoms with van der Waals surface area (Å²) < 4.78 is 19.0. The van der Waals surface area contributed by atoms with E-state index in [1.807, 2.05) is 23.8 Å². The van der Waals surface area contributed by atoms with Gasteiger partial charge in [0.15, 0.2) is 5.82 Å². The molecular formula is C22H19ClFN4NaO2S. The van der Waals surface area contributed by atoms with Crippen LogP contribution in [-0.4, -0.2) is 30.4 Å². The topological polar surface area (TPSA) is 72.9 Å². The van der Waals surface area contributed by atoms with E-state index in [1.165, 1.54) is 17.8 Å². The van der Waals surface area contributed by atoms with E-state index in [1.54, 1.807) is 29.1 Å². The molecule has 3 heterocycles. The minimum atomic E-state index is -1.09. The molecular weight excluding hydrogens is 462 g/mol. The Labute approximate surface area is 216 Å². The van der Waals surface area contributed by atoms with Gasteiger partial charge < -0.3 is 11.1 Å². The summed E-state index contributed by atoms with van der Waals surface area (Å²) in [5, 5.41) is 15.0. The van der Waals surface area contributed by atoms with Gasteiger partial charge in [-0.3, -0.25) is 4.68 Å². The van der Waals surface area contributed by atoms with Gasteiger partial charge in [0.25, 0.3) is 0 Å². The number of hydrogen-bond acceptors (Lipinski definition) is 4. The predicted molar refractivity (Wildman–Crippen MR) is 118 cm³/mol. The third-order valence-corrected chi connectivity index (χ3v) is 6.69. The molecule has 160 valence electrons. The summed E-state index contributed by atoms with van der Waals surface area (Å²) in [5.74, 6) is -1.29. The van der Waals surface area contributed by atoms with Crippen molar-refractivity contribution in [3.8, 4) is 5.69 Å². The summed E-state index contributed by atoms with van der Waals surface area (Å²) in [6, 6.07) is 8.25. The van der Waals surface area contributed by atoms with Gasteiger partial charge in [0, 0.05) is 34.6 Å². The van der Waals surface area contributed by atoms with Crippen LogP contribution in [0.4, 0.5) is 4.39 Å². The molecule has 1 N–H and O–H groups in total. The summed E-state index contributed by atoms with van der Waals surface area (Å²) in [6.45, 7) is 2.70. The Bertz CT molecular complexity index is 1340. The zero-order chi connectivity index (χ0) is 21.7. The largest absolute Gasteiger partial charge is 1.00 e. The Hall–Kier alpha value is -1.84. The molecule has 0 radical (unpaired) electrons. The van der Waals surface area contributed by atoms with E-state index in [2.05, 4.69) is 10.1 Å². The maximum absolute atomic E-state index is 15.3. The van der Waals surface area contributed by atoms with Crippen LogP contribution in [0.1, 0.15) is 43.3 Å². The smallest absolute Gasteiger partial charge is 1.00 e. The molecule has 1 aliphatic carbocycles. The number of halogens is 2. The van der Waals surface area contributed by atoms with E-state index in [4.69, 9.17) is 11.6 Å². The number of aromatic nitrogens is 4. The maximum Gasteiger partial charge on any atom is 1.00 e. The van der Waals surface area contributed by atoms with Gasteiger partial charge in [-0.15, -0.1) is 0 Å². The second-order valence-corrected chi connectivity index (χ2v) is 8.84. The number of carbonyl (C=O) groups is 1. The van der Waals surface area contributed by atoms with Crippen LogP contribution in [0.3, 0.4) is 0 Å². The molecule has 10 heteroatoms. The fourth-order valence-corrected chi connectivity index (χ4v) is 5.03. The average Bonchev–Trinajstić information content (AvgIpc) is 3.40. The molecule has 0 atom stereocenters. The number of carboxylic acid groups (broad SMARTS) is 1. The Morgan fingerprint density at radius 1 is 1.34 bits per heavy atom. The molecule has 5 rings (SSSR count). The summed E-state index contributed by atoms with van der Waals surface area (Å²) >= 11 is 7.51. The minimum Gasteiger partial charge on any atom is -1.00 e. The number of pyridine rings is 1. The van der Waals surface area contributed by atoms with Gasteiger partial charge in [0.1, 0.15) is 10.7 Å². The second kappa shape index (κ2) is 9.19. The van der Waals surface area contributed by atoms with Crippen LogP contribution in [0.5, 0.6) is 0 Å². The molecule has 0 unspecified atom stereocenters. The normalized spacial score (nSPS) is 13.3. The van der Waals surface area contributed by atoms with Crippen molar-refractivity contribution in [2.24, 2.45) is 0 Å². The molecule has 0 saturated heterocycles. The fourth-order valence-electron chi connectivity index (χ4n) is 3.74. The van der Waals surface area contributed by atoms with Gasteiger partial charge in [-0.1, -0.05) is 29.4 Å². The van der Waals surface area contributed by atoms with E-state index in [0.29, 0.717) is 17.1 Å². The van der Waals surface area contributed by atoms with Crippen LogP contribution in [0.15, 0.2) is 52.6 Å². The molecule has 0 spiro atoms. The Morgan fingerprint density at radius 3 is 2.78 bits per heavy atom. The number of benzene rings is 1. The Morgan fingerprint density at radius 2 is 2.12 bits per heavy atom. The first-order chi connectivity index (χ1) is 15.0. The van der Waals surface area contributed by atoms with Crippen molar-refractivity contribution < 1.29 is 45.3 Å². The first kappa shape index (κ1) is 23.3. The van der Waals surface area contributed by atoms with Crippen LogP contribution in [-0.2, 0) is 6.54 Å². The molecule has 32 heavy (non-hydrogen) atoms. The fraction of sp³-hybridized carbons (Fsp3) is 0.227. The van der Waals surface area contributed by atoms with E-state index < -0.39 is 11.8 Å². The molecule has 1 saturated carbocycles. The van der Waals surface area contributed by atoms with E-state index in [-0.39, 0.29) is 47.6 Å². The van der Waals surface area contributed by atoms with Crippen LogP contribution in [0.25, 0.3) is 16.6 Å². The van der Waals surface area contributed by atoms with Crippen LogP contribution >= 0.6 is 23.4 Å². The number of aryl methyl sites for hydroxylation is 1. The van der Waals surface area contributed by atoms with Crippen LogP contribution in [0, 0.1) is 5.82 Å². The summed E-state index contributed by atoms with van der Waals surface area (Å²) in [5.41, 5.74) is 2.13. The number of fused-ring (bicyclic) bond motifs is 1.